The molecule has 16 heavy (non-hydrogen) atoms. The molecular formula is C13H26N2S. The second-order valence-electron chi connectivity index (χ2n) is 5.66. The van der Waals surface area contributed by atoms with Gasteiger partial charge in [0.2, 0.25) is 0 Å². The van der Waals surface area contributed by atoms with E-state index in [-0.39, 0.29) is 0 Å². The van der Waals surface area contributed by atoms with Crippen LogP contribution < -0.4 is 5.73 Å². The summed E-state index contributed by atoms with van der Waals surface area (Å²) in [5.41, 5.74) is 6.04. The molecule has 2 rings (SSSR count). The predicted octanol–water partition coefficient (Wildman–Crippen LogP) is 2.19. The Morgan fingerprint density at radius 3 is 2.50 bits per heavy atom. The molecule has 2 unspecified atom stereocenters. The van der Waals surface area contributed by atoms with Crippen molar-refractivity contribution in [3.63, 3.8) is 0 Å². The van der Waals surface area contributed by atoms with Crippen LogP contribution in [0.25, 0.3) is 0 Å². The highest BCUT2D eigenvalue weighted by Gasteiger charge is 2.34. The van der Waals surface area contributed by atoms with E-state index in [0.717, 1.165) is 18.4 Å². The fourth-order valence-electron chi connectivity index (χ4n) is 2.78. The molecule has 3 heteroatoms. The summed E-state index contributed by atoms with van der Waals surface area (Å²) in [5, 5.41) is 0. The molecule has 0 bridgehead atoms. The van der Waals surface area contributed by atoms with Crippen molar-refractivity contribution in [2.75, 3.05) is 24.6 Å². The zero-order valence-electron chi connectivity index (χ0n) is 10.7. The third-order valence-corrected chi connectivity index (χ3v) is 5.19. The van der Waals surface area contributed by atoms with E-state index in [0.29, 0.717) is 12.1 Å². The molecule has 0 spiro atoms. The van der Waals surface area contributed by atoms with Crippen LogP contribution in [0.2, 0.25) is 0 Å². The van der Waals surface area contributed by atoms with Gasteiger partial charge in [0.1, 0.15) is 0 Å². The SMILES string of the molecule is CC(C)N(CC1CC1)C(CN)C1CCSC1. The number of hydrogen-bond acceptors (Lipinski definition) is 3. The highest BCUT2D eigenvalue weighted by molar-refractivity contribution is 7.99. The summed E-state index contributed by atoms with van der Waals surface area (Å²) in [6, 6.07) is 1.29. The Kier molecular flexibility index (Phi) is 4.57. The first-order valence-electron chi connectivity index (χ1n) is 6.76. The fraction of sp³-hybridized carbons (Fsp3) is 1.00. The molecule has 0 aromatic heterocycles. The summed E-state index contributed by atoms with van der Waals surface area (Å²) in [6.07, 6.45) is 4.26. The quantitative estimate of drug-likeness (QED) is 0.774. The van der Waals surface area contributed by atoms with Gasteiger partial charge in [-0.15, -0.1) is 0 Å². The fourth-order valence-corrected chi connectivity index (χ4v) is 4.11. The van der Waals surface area contributed by atoms with Crippen LogP contribution in [0.5, 0.6) is 0 Å². The Morgan fingerprint density at radius 1 is 1.31 bits per heavy atom. The van der Waals surface area contributed by atoms with E-state index < -0.39 is 0 Å². The second-order valence-corrected chi connectivity index (χ2v) is 6.81. The molecule has 1 saturated heterocycles. The van der Waals surface area contributed by atoms with E-state index in [4.69, 9.17) is 5.73 Å². The predicted molar refractivity (Wildman–Crippen MR) is 72.8 cm³/mol. The van der Waals surface area contributed by atoms with Crippen LogP contribution in [-0.4, -0.2) is 41.6 Å². The van der Waals surface area contributed by atoms with Gasteiger partial charge in [-0.25, -0.2) is 0 Å². The normalized spacial score (nSPS) is 27.9. The zero-order valence-corrected chi connectivity index (χ0v) is 11.5. The Balaban J connectivity index is 1.95. The highest BCUT2D eigenvalue weighted by Crippen LogP contribution is 2.34. The van der Waals surface area contributed by atoms with Crippen molar-refractivity contribution >= 4 is 11.8 Å². The summed E-state index contributed by atoms with van der Waals surface area (Å²) in [7, 11) is 0. The second kappa shape index (κ2) is 5.74. The van der Waals surface area contributed by atoms with Gasteiger partial charge in [0, 0.05) is 25.2 Å². The number of nitrogens with two attached hydrogens (primary N) is 1. The monoisotopic (exact) mass is 242 g/mol. The molecule has 0 aromatic rings. The average molecular weight is 242 g/mol. The number of hydrogen-bond donors (Lipinski definition) is 1. The van der Waals surface area contributed by atoms with Gasteiger partial charge in [0.05, 0.1) is 0 Å². The molecule has 1 aliphatic heterocycles. The van der Waals surface area contributed by atoms with Gasteiger partial charge in [-0.2, -0.15) is 11.8 Å². The van der Waals surface area contributed by atoms with E-state index in [1.165, 1.54) is 37.3 Å². The first kappa shape index (κ1) is 12.7. The van der Waals surface area contributed by atoms with Crippen molar-refractivity contribution < 1.29 is 0 Å². The van der Waals surface area contributed by atoms with E-state index in [1.54, 1.807) is 0 Å². The third-order valence-electron chi connectivity index (χ3n) is 4.01. The number of thioether (sulfide) groups is 1. The van der Waals surface area contributed by atoms with Gasteiger partial charge in [-0.3, -0.25) is 4.90 Å². The van der Waals surface area contributed by atoms with Crippen LogP contribution in [0, 0.1) is 11.8 Å². The van der Waals surface area contributed by atoms with Crippen molar-refractivity contribution in [1.82, 2.24) is 4.90 Å². The molecule has 1 saturated carbocycles. The highest BCUT2D eigenvalue weighted by atomic mass is 32.2. The lowest BCUT2D eigenvalue weighted by Gasteiger charge is -2.37. The maximum absolute atomic E-state index is 6.04. The minimum Gasteiger partial charge on any atom is -0.329 e. The maximum Gasteiger partial charge on any atom is 0.0257 e. The smallest absolute Gasteiger partial charge is 0.0257 e. The van der Waals surface area contributed by atoms with Crippen LogP contribution in [0.3, 0.4) is 0 Å². The summed E-state index contributed by atoms with van der Waals surface area (Å²) in [5.74, 6) is 4.49. The van der Waals surface area contributed by atoms with Crippen molar-refractivity contribution in [1.29, 1.82) is 0 Å². The summed E-state index contributed by atoms with van der Waals surface area (Å²) in [6.45, 7) is 6.79. The van der Waals surface area contributed by atoms with Crippen molar-refractivity contribution in [3.05, 3.63) is 0 Å². The van der Waals surface area contributed by atoms with Gasteiger partial charge in [-0.1, -0.05) is 0 Å². The van der Waals surface area contributed by atoms with E-state index in [2.05, 4.69) is 30.5 Å². The number of nitrogens with zero attached hydrogens (tertiary/aromatic N) is 1. The lowest BCUT2D eigenvalue weighted by atomic mass is 9.96. The molecule has 0 radical (unpaired) electrons. The topological polar surface area (TPSA) is 29.3 Å². The number of rotatable bonds is 6. The molecule has 94 valence electrons. The largest absolute Gasteiger partial charge is 0.329 e. The minimum atomic E-state index is 0.635. The molecule has 0 amide bonds. The first-order chi connectivity index (χ1) is 7.72. The van der Waals surface area contributed by atoms with Gasteiger partial charge < -0.3 is 5.73 Å². The van der Waals surface area contributed by atoms with Gasteiger partial charge in [0.15, 0.2) is 0 Å². The summed E-state index contributed by atoms with van der Waals surface area (Å²) in [4.78, 5) is 2.69. The molecule has 1 aliphatic carbocycles. The Bertz CT molecular complexity index is 210. The third kappa shape index (κ3) is 3.14. The lowest BCUT2D eigenvalue weighted by molar-refractivity contribution is 0.113. The Labute approximate surface area is 104 Å². The van der Waals surface area contributed by atoms with Crippen LogP contribution in [0.15, 0.2) is 0 Å². The van der Waals surface area contributed by atoms with Crippen LogP contribution in [0.4, 0.5) is 0 Å². The summed E-state index contributed by atoms with van der Waals surface area (Å²) < 4.78 is 0. The van der Waals surface area contributed by atoms with Crippen molar-refractivity contribution in [3.8, 4) is 0 Å². The van der Waals surface area contributed by atoms with E-state index in [1.807, 2.05) is 0 Å². The molecule has 2 N–H and O–H groups in total. The van der Waals surface area contributed by atoms with Gasteiger partial charge in [0.25, 0.3) is 0 Å². The molecule has 2 atom stereocenters. The Hall–Kier alpha value is 0.270. The molecule has 2 fully saturated rings. The van der Waals surface area contributed by atoms with Crippen molar-refractivity contribution in [2.24, 2.45) is 17.6 Å². The molecule has 2 nitrogen and oxygen atoms in total. The molecule has 1 heterocycles. The van der Waals surface area contributed by atoms with Gasteiger partial charge in [-0.05, 0) is 56.5 Å². The molecule has 0 aromatic carbocycles. The van der Waals surface area contributed by atoms with Crippen LogP contribution >= 0.6 is 11.8 Å². The molecular weight excluding hydrogens is 216 g/mol. The Morgan fingerprint density at radius 2 is 2.06 bits per heavy atom. The zero-order chi connectivity index (χ0) is 11.5. The standard InChI is InChI=1S/C13H26N2S/c1-10(2)15(8-11-3-4-11)13(7-14)12-5-6-16-9-12/h10-13H,3-9,14H2,1-2H3. The lowest BCUT2D eigenvalue weighted by Crippen LogP contribution is -2.49. The average Bonchev–Trinajstić information content (AvgIpc) is 2.91. The van der Waals surface area contributed by atoms with E-state index >= 15 is 0 Å². The van der Waals surface area contributed by atoms with Gasteiger partial charge >= 0.3 is 0 Å². The van der Waals surface area contributed by atoms with E-state index in [9.17, 15) is 0 Å². The van der Waals surface area contributed by atoms with Crippen molar-refractivity contribution in [2.45, 2.75) is 45.2 Å². The van der Waals surface area contributed by atoms with Crippen LogP contribution in [0.1, 0.15) is 33.1 Å². The molecule has 2 aliphatic rings. The first-order valence-corrected chi connectivity index (χ1v) is 7.91. The van der Waals surface area contributed by atoms with Crippen LogP contribution in [-0.2, 0) is 0 Å². The maximum atomic E-state index is 6.04. The minimum absolute atomic E-state index is 0.635. The summed E-state index contributed by atoms with van der Waals surface area (Å²) >= 11 is 2.11.